The third kappa shape index (κ3) is 4.19. The van der Waals surface area contributed by atoms with E-state index in [1.165, 1.54) is 6.33 Å². The number of aromatic nitrogens is 2. The minimum Gasteiger partial charge on any atom is -0.496 e. The molecule has 0 bridgehead atoms. The summed E-state index contributed by atoms with van der Waals surface area (Å²) in [5.74, 6) is -0.307. The molecule has 0 saturated heterocycles. The van der Waals surface area contributed by atoms with E-state index in [1.807, 2.05) is 31.2 Å². The fourth-order valence-electron chi connectivity index (χ4n) is 4.87. The number of benzene rings is 1. The van der Waals surface area contributed by atoms with Gasteiger partial charge in [0.15, 0.2) is 5.69 Å². The maximum absolute atomic E-state index is 13.5. The van der Waals surface area contributed by atoms with Gasteiger partial charge in [-0.2, -0.15) is 0 Å². The minimum absolute atomic E-state index is 0.0617. The largest absolute Gasteiger partial charge is 0.496 e. The molecule has 0 spiro atoms. The Bertz CT molecular complexity index is 1060. The highest BCUT2D eigenvalue weighted by molar-refractivity contribution is 6.07. The van der Waals surface area contributed by atoms with Gasteiger partial charge in [0, 0.05) is 24.7 Å². The first-order valence-corrected chi connectivity index (χ1v) is 11.5. The first-order chi connectivity index (χ1) is 15.9. The molecule has 176 valence electrons. The number of likely N-dealkylation sites (N-methyl/N-ethyl adjacent to an activating group) is 1. The van der Waals surface area contributed by atoms with Crippen molar-refractivity contribution in [1.29, 1.82) is 0 Å². The molecular formula is C24H31N5O4. The fourth-order valence-corrected chi connectivity index (χ4v) is 4.87. The molecule has 1 saturated carbocycles. The smallest absolute Gasteiger partial charge is 0.273 e. The molecule has 9 heteroatoms. The van der Waals surface area contributed by atoms with Crippen molar-refractivity contribution in [1.82, 2.24) is 25.1 Å². The van der Waals surface area contributed by atoms with Crippen molar-refractivity contribution >= 4 is 17.7 Å². The predicted molar refractivity (Wildman–Crippen MR) is 122 cm³/mol. The molecule has 9 nitrogen and oxygen atoms in total. The maximum Gasteiger partial charge on any atom is 0.273 e. The molecule has 2 heterocycles. The number of carbonyl (C=O) groups excluding carboxylic acids is 3. The third-order valence-electron chi connectivity index (χ3n) is 6.70. The lowest BCUT2D eigenvalue weighted by molar-refractivity contribution is -0.133. The molecule has 1 aromatic carbocycles. The number of fused-ring (bicyclic) bond motifs is 1. The number of rotatable bonds is 7. The Balaban J connectivity index is 1.54. The van der Waals surface area contributed by atoms with Gasteiger partial charge in [0.1, 0.15) is 17.0 Å². The van der Waals surface area contributed by atoms with E-state index in [9.17, 15) is 14.4 Å². The number of ether oxygens (including phenoxy) is 1. The summed E-state index contributed by atoms with van der Waals surface area (Å²) in [4.78, 5) is 45.4. The van der Waals surface area contributed by atoms with Crippen molar-refractivity contribution in [2.75, 3.05) is 13.7 Å². The second-order valence-electron chi connectivity index (χ2n) is 8.84. The molecule has 2 N–H and O–H groups in total. The van der Waals surface area contributed by atoms with Gasteiger partial charge >= 0.3 is 0 Å². The van der Waals surface area contributed by atoms with Gasteiger partial charge < -0.3 is 24.8 Å². The highest BCUT2D eigenvalue weighted by Crippen LogP contribution is 2.30. The van der Waals surface area contributed by atoms with Crippen LogP contribution in [0.5, 0.6) is 5.75 Å². The zero-order valence-corrected chi connectivity index (χ0v) is 19.4. The SMILES string of the molecule is CCN1C(=O)c2c(C(=O)NCc3ccccc3OC)ncn2C[C@]1(C)C(=O)NC1CCCC1. The van der Waals surface area contributed by atoms with E-state index in [0.29, 0.717) is 12.3 Å². The molecule has 2 aromatic rings. The Hall–Kier alpha value is -3.36. The number of methoxy groups -OCH3 is 1. The maximum atomic E-state index is 13.5. The Morgan fingerprint density at radius 2 is 1.97 bits per heavy atom. The lowest BCUT2D eigenvalue weighted by atomic mass is 9.94. The van der Waals surface area contributed by atoms with E-state index >= 15 is 0 Å². The van der Waals surface area contributed by atoms with Crippen LogP contribution >= 0.6 is 0 Å². The molecule has 1 fully saturated rings. The van der Waals surface area contributed by atoms with Gasteiger partial charge in [-0.3, -0.25) is 14.4 Å². The molecule has 2 aliphatic rings. The van der Waals surface area contributed by atoms with Gasteiger partial charge in [-0.25, -0.2) is 4.98 Å². The van der Waals surface area contributed by atoms with Crippen LogP contribution in [0.4, 0.5) is 0 Å². The summed E-state index contributed by atoms with van der Waals surface area (Å²) in [6, 6.07) is 7.56. The van der Waals surface area contributed by atoms with Crippen LogP contribution in [-0.4, -0.2) is 57.4 Å². The molecule has 1 aromatic heterocycles. The van der Waals surface area contributed by atoms with E-state index in [0.717, 1.165) is 31.2 Å². The summed E-state index contributed by atoms with van der Waals surface area (Å²) in [5, 5.41) is 5.95. The number of nitrogens with zero attached hydrogens (tertiary/aromatic N) is 3. The molecule has 1 atom stereocenters. The van der Waals surface area contributed by atoms with Gasteiger partial charge in [-0.15, -0.1) is 0 Å². The Kier molecular flexibility index (Phi) is 6.40. The van der Waals surface area contributed by atoms with Gasteiger partial charge in [0.2, 0.25) is 5.91 Å². The normalized spacial score (nSPS) is 20.5. The van der Waals surface area contributed by atoms with E-state index in [2.05, 4.69) is 15.6 Å². The van der Waals surface area contributed by atoms with Crippen molar-refractivity contribution in [3.05, 3.63) is 47.5 Å². The van der Waals surface area contributed by atoms with Crippen molar-refractivity contribution in [3.8, 4) is 5.75 Å². The van der Waals surface area contributed by atoms with Crippen LogP contribution in [-0.2, 0) is 17.9 Å². The summed E-state index contributed by atoms with van der Waals surface area (Å²) in [6.45, 7) is 4.45. The monoisotopic (exact) mass is 453 g/mol. The van der Waals surface area contributed by atoms with Crippen molar-refractivity contribution < 1.29 is 19.1 Å². The first kappa shape index (κ1) is 22.8. The summed E-state index contributed by atoms with van der Waals surface area (Å²) in [5.41, 5.74) is 0.0407. The van der Waals surface area contributed by atoms with Crippen LogP contribution in [0, 0.1) is 0 Å². The predicted octanol–water partition coefficient (Wildman–Crippen LogP) is 2.11. The van der Waals surface area contributed by atoms with Crippen LogP contribution in [0.25, 0.3) is 0 Å². The van der Waals surface area contributed by atoms with Crippen LogP contribution in [0.15, 0.2) is 30.6 Å². The van der Waals surface area contributed by atoms with Crippen molar-refractivity contribution in [3.63, 3.8) is 0 Å². The third-order valence-corrected chi connectivity index (χ3v) is 6.70. The first-order valence-electron chi connectivity index (χ1n) is 11.5. The second kappa shape index (κ2) is 9.25. The lowest BCUT2D eigenvalue weighted by Gasteiger charge is -2.43. The number of imidazole rings is 1. The number of hydrogen-bond donors (Lipinski definition) is 2. The van der Waals surface area contributed by atoms with Crippen LogP contribution in [0.1, 0.15) is 66.1 Å². The highest BCUT2D eigenvalue weighted by atomic mass is 16.5. The number of amides is 3. The molecule has 3 amide bonds. The summed E-state index contributed by atoms with van der Waals surface area (Å²) >= 11 is 0. The summed E-state index contributed by atoms with van der Waals surface area (Å²) < 4.78 is 6.95. The zero-order valence-electron chi connectivity index (χ0n) is 19.4. The van der Waals surface area contributed by atoms with E-state index in [1.54, 1.807) is 23.5 Å². The van der Waals surface area contributed by atoms with Gasteiger partial charge in [-0.05, 0) is 32.8 Å². The zero-order chi connectivity index (χ0) is 23.6. The fraction of sp³-hybridized carbons (Fsp3) is 0.500. The average Bonchev–Trinajstić information content (AvgIpc) is 3.47. The molecule has 33 heavy (non-hydrogen) atoms. The quantitative estimate of drug-likeness (QED) is 0.668. The van der Waals surface area contributed by atoms with E-state index < -0.39 is 11.4 Å². The topological polar surface area (TPSA) is 106 Å². The highest BCUT2D eigenvalue weighted by Gasteiger charge is 2.48. The van der Waals surface area contributed by atoms with E-state index in [4.69, 9.17) is 4.74 Å². The summed E-state index contributed by atoms with van der Waals surface area (Å²) in [7, 11) is 1.57. The minimum atomic E-state index is -1.05. The number of hydrogen-bond acceptors (Lipinski definition) is 5. The van der Waals surface area contributed by atoms with Crippen molar-refractivity contribution in [2.24, 2.45) is 0 Å². The molecule has 1 aliphatic heterocycles. The van der Waals surface area contributed by atoms with Gasteiger partial charge in [0.25, 0.3) is 11.8 Å². The Morgan fingerprint density at radius 3 is 2.67 bits per heavy atom. The number of para-hydroxylation sites is 1. The molecule has 4 rings (SSSR count). The van der Waals surface area contributed by atoms with Crippen LogP contribution in [0.2, 0.25) is 0 Å². The number of nitrogens with one attached hydrogen (secondary N) is 2. The molecule has 0 unspecified atom stereocenters. The van der Waals surface area contributed by atoms with Crippen LogP contribution in [0.3, 0.4) is 0 Å². The van der Waals surface area contributed by atoms with Crippen molar-refractivity contribution in [2.45, 2.75) is 64.2 Å². The Labute approximate surface area is 193 Å². The van der Waals surface area contributed by atoms with Crippen LogP contribution < -0.4 is 15.4 Å². The Morgan fingerprint density at radius 1 is 1.24 bits per heavy atom. The molecule has 0 radical (unpaired) electrons. The lowest BCUT2D eigenvalue weighted by Crippen LogP contribution is -2.64. The standard InChI is InChI=1S/C24H31N5O4/c1-4-29-22(31)20-19(21(30)25-13-16-9-5-8-12-18(16)33-3)26-15-28(20)14-24(29,2)23(32)27-17-10-6-7-11-17/h5,8-9,12,15,17H,4,6-7,10-11,13-14H2,1-3H3,(H,25,30)(H,27,32)/t24-/m1/s1. The van der Waals surface area contributed by atoms with E-state index in [-0.39, 0.29) is 42.3 Å². The average molecular weight is 454 g/mol. The second-order valence-corrected chi connectivity index (χ2v) is 8.84. The molecular weight excluding hydrogens is 422 g/mol. The number of carbonyl (C=O) groups is 3. The van der Waals surface area contributed by atoms with Gasteiger partial charge in [0.05, 0.1) is 20.0 Å². The molecule has 1 aliphatic carbocycles. The van der Waals surface area contributed by atoms with Gasteiger partial charge in [-0.1, -0.05) is 31.0 Å². The summed E-state index contributed by atoms with van der Waals surface area (Å²) in [6.07, 6.45) is 5.62.